The SMILES string of the molecule is CC(=O)NC(Cc1ccc(Br)cc1)(C(=O)O)C(=O)O. The fourth-order valence-corrected chi connectivity index (χ4v) is 1.87. The molecule has 7 heteroatoms. The normalized spacial score (nSPS) is 10.8. The summed E-state index contributed by atoms with van der Waals surface area (Å²) in [4.78, 5) is 33.6. The molecule has 0 aliphatic carbocycles. The summed E-state index contributed by atoms with van der Waals surface area (Å²) in [5, 5.41) is 20.3. The first-order valence-corrected chi connectivity index (χ1v) is 6.07. The van der Waals surface area contributed by atoms with Crippen LogP contribution in [0.25, 0.3) is 0 Å². The van der Waals surface area contributed by atoms with E-state index < -0.39 is 23.4 Å². The lowest BCUT2D eigenvalue weighted by Gasteiger charge is -2.25. The number of halogens is 1. The molecule has 102 valence electrons. The van der Waals surface area contributed by atoms with E-state index in [4.69, 9.17) is 10.2 Å². The third-order valence-electron chi connectivity index (χ3n) is 2.50. The standard InChI is InChI=1S/C12H12BrNO5/c1-7(15)14-12(10(16)17,11(18)19)6-8-2-4-9(13)5-3-8/h2-5H,6H2,1H3,(H,14,15)(H,16,17)(H,18,19). The van der Waals surface area contributed by atoms with E-state index in [0.29, 0.717) is 5.56 Å². The lowest BCUT2D eigenvalue weighted by molar-refractivity contribution is -0.161. The quantitative estimate of drug-likeness (QED) is 0.700. The van der Waals surface area contributed by atoms with Crippen LogP contribution < -0.4 is 5.32 Å². The van der Waals surface area contributed by atoms with Gasteiger partial charge in [0.25, 0.3) is 0 Å². The van der Waals surface area contributed by atoms with E-state index in [1.807, 2.05) is 5.32 Å². The van der Waals surface area contributed by atoms with Gasteiger partial charge in [-0.1, -0.05) is 28.1 Å². The van der Waals surface area contributed by atoms with Crippen LogP contribution in [0.3, 0.4) is 0 Å². The lowest BCUT2D eigenvalue weighted by Crippen LogP contribution is -2.61. The van der Waals surface area contributed by atoms with Gasteiger partial charge in [0.05, 0.1) is 0 Å². The second-order valence-electron chi connectivity index (χ2n) is 4.00. The minimum atomic E-state index is -2.36. The molecule has 0 aliphatic rings. The molecular weight excluding hydrogens is 318 g/mol. The molecule has 6 nitrogen and oxygen atoms in total. The predicted molar refractivity (Wildman–Crippen MR) is 69.7 cm³/mol. The van der Waals surface area contributed by atoms with Crippen molar-refractivity contribution in [1.82, 2.24) is 5.32 Å². The number of benzene rings is 1. The number of aliphatic carboxylic acids is 2. The number of nitrogens with one attached hydrogen (secondary N) is 1. The van der Waals surface area contributed by atoms with Gasteiger partial charge in [0.15, 0.2) is 0 Å². The molecule has 0 spiro atoms. The van der Waals surface area contributed by atoms with E-state index >= 15 is 0 Å². The van der Waals surface area contributed by atoms with Crippen LogP contribution in [0.4, 0.5) is 0 Å². The van der Waals surface area contributed by atoms with Crippen LogP contribution in [0.1, 0.15) is 12.5 Å². The van der Waals surface area contributed by atoms with Crippen molar-refractivity contribution in [3.05, 3.63) is 34.3 Å². The first-order chi connectivity index (χ1) is 8.78. The molecule has 3 N–H and O–H groups in total. The van der Waals surface area contributed by atoms with Gasteiger partial charge in [0, 0.05) is 17.8 Å². The molecule has 1 aromatic rings. The van der Waals surface area contributed by atoms with Gasteiger partial charge in [-0.15, -0.1) is 0 Å². The summed E-state index contributed by atoms with van der Waals surface area (Å²) in [7, 11) is 0. The summed E-state index contributed by atoms with van der Waals surface area (Å²) in [5.74, 6) is -3.95. The molecule has 0 heterocycles. The largest absolute Gasteiger partial charge is 0.479 e. The van der Waals surface area contributed by atoms with Gasteiger partial charge in [-0.3, -0.25) is 4.79 Å². The van der Waals surface area contributed by atoms with Crippen molar-refractivity contribution < 1.29 is 24.6 Å². The molecule has 0 saturated carbocycles. The minimum absolute atomic E-state index is 0.343. The third-order valence-corrected chi connectivity index (χ3v) is 3.03. The molecule has 19 heavy (non-hydrogen) atoms. The van der Waals surface area contributed by atoms with Gasteiger partial charge in [-0.05, 0) is 17.7 Å². The summed E-state index contributed by atoms with van der Waals surface area (Å²) in [6.07, 6.45) is -0.343. The Labute approximate surface area is 117 Å². The van der Waals surface area contributed by atoms with Gasteiger partial charge in [0.2, 0.25) is 11.4 Å². The molecule has 0 unspecified atom stereocenters. The highest BCUT2D eigenvalue weighted by Crippen LogP contribution is 2.18. The summed E-state index contributed by atoms with van der Waals surface area (Å²) in [6.45, 7) is 1.07. The van der Waals surface area contributed by atoms with E-state index in [1.165, 1.54) is 0 Å². The Morgan fingerprint density at radius 2 is 1.63 bits per heavy atom. The zero-order valence-corrected chi connectivity index (χ0v) is 11.6. The maximum absolute atomic E-state index is 11.3. The minimum Gasteiger partial charge on any atom is -0.479 e. The first-order valence-electron chi connectivity index (χ1n) is 5.28. The van der Waals surface area contributed by atoms with E-state index in [-0.39, 0.29) is 6.42 Å². The van der Waals surface area contributed by atoms with Crippen LogP contribution in [-0.4, -0.2) is 33.6 Å². The first kappa shape index (κ1) is 15.2. The Balaban J connectivity index is 3.16. The van der Waals surface area contributed by atoms with Crippen LogP contribution in [0.15, 0.2) is 28.7 Å². The molecule has 0 saturated heterocycles. The molecule has 1 rings (SSSR count). The molecule has 0 radical (unpaired) electrons. The summed E-state index contributed by atoms with van der Waals surface area (Å²) >= 11 is 3.22. The van der Waals surface area contributed by atoms with Crippen molar-refractivity contribution in [3.63, 3.8) is 0 Å². The van der Waals surface area contributed by atoms with Crippen molar-refractivity contribution >= 4 is 33.8 Å². The number of hydrogen-bond acceptors (Lipinski definition) is 3. The van der Waals surface area contributed by atoms with Crippen LogP contribution in [0.2, 0.25) is 0 Å². The van der Waals surface area contributed by atoms with E-state index in [9.17, 15) is 14.4 Å². The number of carbonyl (C=O) groups excluding carboxylic acids is 1. The van der Waals surface area contributed by atoms with E-state index in [1.54, 1.807) is 24.3 Å². The smallest absolute Gasteiger partial charge is 0.341 e. The van der Waals surface area contributed by atoms with Gasteiger partial charge >= 0.3 is 11.9 Å². The van der Waals surface area contributed by atoms with Gasteiger partial charge in [-0.25, -0.2) is 9.59 Å². The predicted octanol–water partition coefficient (Wildman–Crippen LogP) is 1.04. The highest BCUT2D eigenvalue weighted by molar-refractivity contribution is 9.10. The Morgan fingerprint density at radius 3 is 2.00 bits per heavy atom. The summed E-state index contributed by atoms with van der Waals surface area (Å²) in [6, 6.07) is 6.51. The number of amides is 1. The molecule has 0 aliphatic heterocycles. The van der Waals surface area contributed by atoms with E-state index in [2.05, 4.69) is 15.9 Å². The van der Waals surface area contributed by atoms with Crippen molar-refractivity contribution in [3.8, 4) is 0 Å². The second-order valence-corrected chi connectivity index (χ2v) is 4.92. The third kappa shape index (κ3) is 3.54. The lowest BCUT2D eigenvalue weighted by atomic mass is 9.90. The Morgan fingerprint density at radius 1 is 1.16 bits per heavy atom. The molecule has 0 aromatic heterocycles. The number of hydrogen-bond donors (Lipinski definition) is 3. The van der Waals surface area contributed by atoms with Crippen molar-refractivity contribution in [1.29, 1.82) is 0 Å². The Bertz CT molecular complexity index is 497. The van der Waals surface area contributed by atoms with Gasteiger partial charge in [0.1, 0.15) is 0 Å². The molecule has 0 atom stereocenters. The second kappa shape index (κ2) is 5.83. The number of carbonyl (C=O) groups is 3. The average Bonchev–Trinajstić information content (AvgIpc) is 2.29. The molecular formula is C12H12BrNO5. The summed E-state index contributed by atoms with van der Waals surface area (Å²) < 4.78 is 0.784. The fourth-order valence-electron chi connectivity index (χ4n) is 1.60. The number of carboxylic acids is 2. The van der Waals surface area contributed by atoms with Gasteiger partial charge in [-0.2, -0.15) is 0 Å². The van der Waals surface area contributed by atoms with Crippen LogP contribution >= 0.6 is 15.9 Å². The molecule has 0 fully saturated rings. The molecule has 1 aromatic carbocycles. The van der Waals surface area contributed by atoms with E-state index in [0.717, 1.165) is 11.4 Å². The van der Waals surface area contributed by atoms with Crippen molar-refractivity contribution in [2.24, 2.45) is 0 Å². The number of rotatable bonds is 5. The molecule has 0 bridgehead atoms. The Hall–Kier alpha value is -1.89. The van der Waals surface area contributed by atoms with Crippen molar-refractivity contribution in [2.75, 3.05) is 0 Å². The zero-order chi connectivity index (χ0) is 14.6. The summed E-state index contributed by atoms with van der Waals surface area (Å²) in [5.41, 5.74) is -1.87. The van der Waals surface area contributed by atoms with Crippen LogP contribution in [0.5, 0.6) is 0 Å². The Kier molecular flexibility index (Phi) is 4.66. The fraction of sp³-hybridized carbons (Fsp3) is 0.250. The monoisotopic (exact) mass is 329 g/mol. The topological polar surface area (TPSA) is 104 Å². The highest BCUT2D eigenvalue weighted by atomic mass is 79.9. The zero-order valence-electron chi connectivity index (χ0n) is 10.0. The highest BCUT2D eigenvalue weighted by Gasteiger charge is 2.47. The maximum atomic E-state index is 11.3. The molecule has 1 amide bonds. The number of carboxylic acid groups (broad SMARTS) is 2. The van der Waals surface area contributed by atoms with Crippen LogP contribution in [0, 0.1) is 0 Å². The average molecular weight is 330 g/mol. The van der Waals surface area contributed by atoms with Crippen LogP contribution in [-0.2, 0) is 20.8 Å². The van der Waals surface area contributed by atoms with Gasteiger partial charge < -0.3 is 15.5 Å². The van der Waals surface area contributed by atoms with Crippen molar-refractivity contribution in [2.45, 2.75) is 18.9 Å². The maximum Gasteiger partial charge on any atom is 0.341 e.